The van der Waals surface area contributed by atoms with Gasteiger partial charge in [0, 0.05) is 25.8 Å². The van der Waals surface area contributed by atoms with Gasteiger partial charge in [0.05, 0.1) is 11.6 Å². The van der Waals surface area contributed by atoms with Crippen LogP contribution in [0, 0.1) is 11.3 Å². The zero-order chi connectivity index (χ0) is 12.8. The van der Waals surface area contributed by atoms with Crippen molar-refractivity contribution in [3.8, 4) is 6.07 Å². The van der Waals surface area contributed by atoms with Gasteiger partial charge in [0.1, 0.15) is 0 Å². The van der Waals surface area contributed by atoms with Crippen LogP contribution in [0.1, 0.15) is 19.4 Å². The van der Waals surface area contributed by atoms with Gasteiger partial charge in [0.25, 0.3) is 0 Å². The Hall–Kier alpha value is -2.02. The van der Waals surface area contributed by atoms with Crippen LogP contribution in [0.2, 0.25) is 0 Å². The SMILES string of the molecule is CCN(CC)C(=O)N(C)c1ccc(C#N)cc1. The maximum absolute atomic E-state index is 12.0. The Morgan fingerprint density at radius 2 is 1.76 bits per heavy atom. The van der Waals surface area contributed by atoms with Crippen molar-refractivity contribution in [3.63, 3.8) is 0 Å². The predicted octanol–water partition coefficient (Wildman–Crippen LogP) is 2.46. The maximum Gasteiger partial charge on any atom is 0.324 e. The van der Waals surface area contributed by atoms with Crippen molar-refractivity contribution in [1.29, 1.82) is 5.26 Å². The molecular weight excluding hydrogens is 214 g/mol. The lowest BCUT2D eigenvalue weighted by Gasteiger charge is -2.26. The molecule has 0 aliphatic rings. The molecule has 0 atom stereocenters. The van der Waals surface area contributed by atoms with E-state index in [1.807, 2.05) is 13.8 Å². The highest BCUT2D eigenvalue weighted by molar-refractivity contribution is 5.91. The Morgan fingerprint density at radius 3 is 2.18 bits per heavy atom. The molecule has 1 rings (SSSR count). The van der Waals surface area contributed by atoms with Crippen molar-refractivity contribution in [1.82, 2.24) is 4.90 Å². The summed E-state index contributed by atoms with van der Waals surface area (Å²) in [5.74, 6) is 0. The van der Waals surface area contributed by atoms with Gasteiger partial charge in [-0.05, 0) is 38.1 Å². The largest absolute Gasteiger partial charge is 0.325 e. The Labute approximate surface area is 102 Å². The Morgan fingerprint density at radius 1 is 1.24 bits per heavy atom. The Balaban J connectivity index is 2.85. The van der Waals surface area contributed by atoms with Gasteiger partial charge in [-0.25, -0.2) is 4.79 Å². The number of hydrogen-bond donors (Lipinski definition) is 0. The van der Waals surface area contributed by atoms with Crippen LogP contribution < -0.4 is 4.90 Å². The summed E-state index contributed by atoms with van der Waals surface area (Å²) in [6, 6.07) is 9.00. The summed E-state index contributed by atoms with van der Waals surface area (Å²) in [7, 11) is 1.74. The molecule has 0 heterocycles. The summed E-state index contributed by atoms with van der Waals surface area (Å²) in [5.41, 5.74) is 1.39. The van der Waals surface area contributed by atoms with E-state index in [1.165, 1.54) is 0 Å². The molecule has 0 aliphatic carbocycles. The fraction of sp³-hybridized carbons (Fsp3) is 0.385. The highest BCUT2D eigenvalue weighted by atomic mass is 16.2. The molecular formula is C13H17N3O. The summed E-state index contributed by atoms with van der Waals surface area (Å²) >= 11 is 0. The summed E-state index contributed by atoms with van der Waals surface area (Å²) in [6.45, 7) is 5.29. The topological polar surface area (TPSA) is 47.3 Å². The number of urea groups is 1. The first kappa shape index (κ1) is 13.0. The fourth-order valence-corrected chi connectivity index (χ4v) is 1.58. The minimum Gasteiger partial charge on any atom is -0.325 e. The number of rotatable bonds is 3. The molecule has 0 fully saturated rings. The predicted molar refractivity (Wildman–Crippen MR) is 67.9 cm³/mol. The number of amides is 2. The first-order valence-electron chi connectivity index (χ1n) is 5.66. The van der Waals surface area contributed by atoms with Crippen molar-refractivity contribution >= 4 is 11.7 Å². The molecule has 4 heteroatoms. The average molecular weight is 231 g/mol. The average Bonchev–Trinajstić information content (AvgIpc) is 2.39. The summed E-state index contributed by atoms with van der Waals surface area (Å²) in [4.78, 5) is 15.4. The molecule has 0 aliphatic heterocycles. The van der Waals surface area contributed by atoms with Crippen LogP contribution >= 0.6 is 0 Å². The van der Waals surface area contributed by atoms with E-state index < -0.39 is 0 Å². The van der Waals surface area contributed by atoms with E-state index in [1.54, 1.807) is 41.1 Å². The van der Waals surface area contributed by atoms with Gasteiger partial charge in [0.15, 0.2) is 0 Å². The van der Waals surface area contributed by atoms with Gasteiger partial charge in [-0.15, -0.1) is 0 Å². The molecule has 4 nitrogen and oxygen atoms in total. The molecule has 2 amide bonds. The molecule has 0 saturated carbocycles. The van der Waals surface area contributed by atoms with Gasteiger partial charge >= 0.3 is 6.03 Å². The quantitative estimate of drug-likeness (QED) is 0.802. The number of benzene rings is 1. The molecule has 1 aromatic rings. The van der Waals surface area contributed by atoms with Crippen LogP contribution in [0.25, 0.3) is 0 Å². The van der Waals surface area contributed by atoms with Crippen molar-refractivity contribution < 1.29 is 4.79 Å². The van der Waals surface area contributed by atoms with E-state index in [4.69, 9.17) is 5.26 Å². The van der Waals surface area contributed by atoms with E-state index >= 15 is 0 Å². The summed E-state index contributed by atoms with van der Waals surface area (Å²) < 4.78 is 0. The van der Waals surface area contributed by atoms with Gasteiger partial charge < -0.3 is 4.90 Å². The molecule has 17 heavy (non-hydrogen) atoms. The van der Waals surface area contributed by atoms with Gasteiger partial charge in [0.2, 0.25) is 0 Å². The second-order valence-electron chi connectivity index (χ2n) is 3.67. The minimum atomic E-state index is -0.0280. The fourth-order valence-electron chi connectivity index (χ4n) is 1.58. The minimum absolute atomic E-state index is 0.0280. The van der Waals surface area contributed by atoms with Gasteiger partial charge in [-0.2, -0.15) is 5.26 Å². The molecule has 0 spiro atoms. The van der Waals surface area contributed by atoms with Crippen LogP contribution in [0.3, 0.4) is 0 Å². The lowest BCUT2D eigenvalue weighted by Crippen LogP contribution is -2.41. The number of carbonyl (C=O) groups excluding carboxylic acids is 1. The van der Waals surface area contributed by atoms with Crippen LogP contribution in [0.4, 0.5) is 10.5 Å². The number of anilines is 1. The third-order valence-electron chi connectivity index (χ3n) is 2.70. The molecule has 0 bridgehead atoms. The highest BCUT2D eigenvalue weighted by Gasteiger charge is 2.15. The van der Waals surface area contributed by atoms with Crippen molar-refractivity contribution in [2.45, 2.75) is 13.8 Å². The van der Waals surface area contributed by atoms with Crippen LogP contribution in [-0.2, 0) is 0 Å². The molecule has 0 N–H and O–H groups in total. The molecule has 1 aromatic carbocycles. The lowest BCUT2D eigenvalue weighted by atomic mass is 10.2. The zero-order valence-electron chi connectivity index (χ0n) is 10.5. The summed E-state index contributed by atoms with van der Waals surface area (Å²) in [5, 5.41) is 8.70. The molecule has 90 valence electrons. The second kappa shape index (κ2) is 5.90. The van der Waals surface area contributed by atoms with Crippen molar-refractivity contribution in [2.75, 3.05) is 25.0 Å². The molecule has 0 aromatic heterocycles. The third kappa shape index (κ3) is 2.97. The summed E-state index contributed by atoms with van der Waals surface area (Å²) in [6.07, 6.45) is 0. The molecule has 0 saturated heterocycles. The number of nitrogens with zero attached hydrogens (tertiary/aromatic N) is 3. The monoisotopic (exact) mass is 231 g/mol. The first-order valence-corrected chi connectivity index (χ1v) is 5.66. The number of carbonyl (C=O) groups is 1. The lowest BCUT2D eigenvalue weighted by molar-refractivity contribution is 0.211. The van der Waals surface area contributed by atoms with E-state index in [9.17, 15) is 4.79 Å². The smallest absolute Gasteiger partial charge is 0.324 e. The first-order chi connectivity index (χ1) is 8.13. The Bertz CT molecular complexity index is 415. The maximum atomic E-state index is 12.0. The zero-order valence-corrected chi connectivity index (χ0v) is 10.5. The second-order valence-corrected chi connectivity index (χ2v) is 3.67. The van der Waals surface area contributed by atoms with E-state index in [0.29, 0.717) is 18.7 Å². The third-order valence-corrected chi connectivity index (χ3v) is 2.70. The van der Waals surface area contributed by atoms with Crippen molar-refractivity contribution in [2.24, 2.45) is 0 Å². The van der Waals surface area contributed by atoms with Crippen LogP contribution in [0.5, 0.6) is 0 Å². The van der Waals surface area contributed by atoms with Gasteiger partial charge in [-0.3, -0.25) is 4.90 Å². The number of hydrogen-bond acceptors (Lipinski definition) is 2. The van der Waals surface area contributed by atoms with E-state index in [0.717, 1.165) is 5.69 Å². The highest BCUT2D eigenvalue weighted by Crippen LogP contribution is 2.15. The normalized spacial score (nSPS) is 9.53. The molecule has 0 radical (unpaired) electrons. The number of nitriles is 1. The Kier molecular flexibility index (Phi) is 4.53. The van der Waals surface area contributed by atoms with E-state index in [-0.39, 0.29) is 6.03 Å². The van der Waals surface area contributed by atoms with Crippen molar-refractivity contribution in [3.05, 3.63) is 29.8 Å². The van der Waals surface area contributed by atoms with E-state index in [2.05, 4.69) is 6.07 Å². The van der Waals surface area contributed by atoms with Gasteiger partial charge in [-0.1, -0.05) is 0 Å². The standard InChI is InChI=1S/C13H17N3O/c1-4-16(5-2)13(17)15(3)12-8-6-11(10-14)7-9-12/h6-9H,4-5H2,1-3H3. The molecule has 0 unspecified atom stereocenters. The van der Waals surface area contributed by atoms with Crippen LogP contribution in [0.15, 0.2) is 24.3 Å². The van der Waals surface area contributed by atoms with Crippen LogP contribution in [-0.4, -0.2) is 31.1 Å².